The van der Waals surface area contributed by atoms with E-state index in [0.29, 0.717) is 0 Å². The van der Waals surface area contributed by atoms with Crippen LogP contribution in [-0.4, -0.2) is 18.0 Å². The average Bonchev–Trinajstić information content (AvgIpc) is 2.72. The summed E-state index contributed by atoms with van der Waals surface area (Å²) < 4.78 is 0. The van der Waals surface area contributed by atoms with E-state index in [1.807, 2.05) is 6.92 Å². The van der Waals surface area contributed by atoms with Gasteiger partial charge in [-0.25, -0.2) is 9.97 Å². The van der Waals surface area contributed by atoms with Crippen LogP contribution in [-0.2, 0) is 0 Å². The van der Waals surface area contributed by atoms with Gasteiger partial charge in [-0.2, -0.15) is 0 Å². The molecule has 1 aromatic heterocycles. The Hall–Kier alpha value is -3.04. The molecule has 0 saturated carbocycles. The summed E-state index contributed by atoms with van der Waals surface area (Å²) in [5.41, 5.74) is 4.49. The molecule has 0 aliphatic carbocycles. The first-order chi connectivity index (χ1) is 14.3. The highest BCUT2D eigenvalue weighted by Gasteiger charge is 2.17. The molecule has 5 aromatic rings. The molecule has 0 aliphatic heterocycles. The lowest BCUT2D eigenvalue weighted by atomic mass is 9.94. The van der Waals surface area contributed by atoms with Crippen molar-refractivity contribution in [1.29, 1.82) is 0 Å². The Kier molecular flexibility index (Phi) is 4.26. The smallest absolute Gasteiger partial charge is 0.126 e. The van der Waals surface area contributed by atoms with Crippen LogP contribution in [0.3, 0.4) is 0 Å². The minimum atomic E-state index is -1.32. The largest absolute Gasteiger partial charge is 0.233 e. The van der Waals surface area contributed by atoms with Crippen molar-refractivity contribution in [1.82, 2.24) is 9.97 Å². The van der Waals surface area contributed by atoms with Gasteiger partial charge in [-0.1, -0.05) is 85.5 Å². The molecule has 4 aromatic carbocycles. The van der Waals surface area contributed by atoms with Gasteiger partial charge in [0.2, 0.25) is 0 Å². The maximum atomic E-state index is 4.91. The minimum absolute atomic E-state index is 0.812. The highest BCUT2D eigenvalue weighted by atomic mass is 28.3. The Morgan fingerprint density at radius 1 is 0.700 bits per heavy atom. The SMILES string of the molecule is Cc1nc(-c2ccc([Si](C)(C)C)cc2)c2ccc3c4ccccc4cc(C)c3c2n1. The summed E-state index contributed by atoms with van der Waals surface area (Å²) in [6.07, 6.45) is 0. The average molecular weight is 407 g/mol. The number of rotatable bonds is 2. The standard InChI is InChI=1S/C27H26N2Si/c1-17-16-20-8-6-7-9-22(20)23-14-15-24-26(28-18(2)29-27(24)25(17)23)19-10-12-21(13-11-19)30(3,4)5/h6-16H,1-5H3. The highest BCUT2D eigenvalue weighted by Crippen LogP contribution is 2.36. The molecule has 5 rings (SSSR count). The van der Waals surface area contributed by atoms with Gasteiger partial charge < -0.3 is 0 Å². The van der Waals surface area contributed by atoms with E-state index in [1.165, 1.54) is 32.3 Å². The number of aromatic nitrogens is 2. The van der Waals surface area contributed by atoms with E-state index in [4.69, 9.17) is 9.97 Å². The van der Waals surface area contributed by atoms with Crippen molar-refractivity contribution in [2.24, 2.45) is 0 Å². The molecule has 2 nitrogen and oxygen atoms in total. The molecule has 0 aliphatic rings. The van der Waals surface area contributed by atoms with Crippen molar-refractivity contribution in [3.63, 3.8) is 0 Å². The predicted octanol–water partition coefficient (Wildman–Crippen LogP) is 6.77. The molecule has 0 atom stereocenters. The van der Waals surface area contributed by atoms with Crippen LogP contribution in [0.5, 0.6) is 0 Å². The molecule has 0 fully saturated rings. The summed E-state index contributed by atoms with van der Waals surface area (Å²) in [6, 6.07) is 24.3. The monoisotopic (exact) mass is 406 g/mol. The van der Waals surface area contributed by atoms with Gasteiger partial charge in [0, 0.05) is 16.3 Å². The van der Waals surface area contributed by atoms with Crippen molar-refractivity contribution >= 4 is 45.7 Å². The quantitative estimate of drug-likeness (QED) is 0.239. The molecule has 0 radical (unpaired) electrons. The first-order valence-corrected chi connectivity index (χ1v) is 14.0. The number of benzene rings is 4. The van der Waals surface area contributed by atoms with Gasteiger partial charge in [-0.05, 0) is 41.6 Å². The van der Waals surface area contributed by atoms with E-state index in [2.05, 4.69) is 93.3 Å². The summed E-state index contributed by atoms with van der Waals surface area (Å²) in [6.45, 7) is 11.3. The van der Waals surface area contributed by atoms with Crippen molar-refractivity contribution < 1.29 is 0 Å². The van der Waals surface area contributed by atoms with Crippen LogP contribution in [0.2, 0.25) is 19.6 Å². The van der Waals surface area contributed by atoms with Crippen molar-refractivity contribution in [3.05, 3.63) is 78.1 Å². The van der Waals surface area contributed by atoms with E-state index in [-0.39, 0.29) is 0 Å². The third-order valence-corrected chi connectivity index (χ3v) is 8.09. The fraction of sp³-hybridized carbons (Fsp3) is 0.185. The molecule has 0 amide bonds. The molecular formula is C27H26N2Si. The molecule has 0 unspecified atom stereocenters. The lowest BCUT2D eigenvalue weighted by molar-refractivity contribution is 1.10. The van der Waals surface area contributed by atoms with E-state index < -0.39 is 8.07 Å². The topological polar surface area (TPSA) is 25.8 Å². The van der Waals surface area contributed by atoms with Crippen LogP contribution in [0.25, 0.3) is 43.7 Å². The van der Waals surface area contributed by atoms with Crippen LogP contribution >= 0.6 is 0 Å². The van der Waals surface area contributed by atoms with Crippen molar-refractivity contribution in [3.8, 4) is 11.3 Å². The van der Waals surface area contributed by atoms with Crippen LogP contribution < -0.4 is 5.19 Å². The Bertz CT molecular complexity index is 1430. The molecule has 0 N–H and O–H groups in total. The van der Waals surface area contributed by atoms with Gasteiger partial charge in [-0.15, -0.1) is 0 Å². The van der Waals surface area contributed by atoms with E-state index in [0.717, 1.165) is 28.0 Å². The van der Waals surface area contributed by atoms with E-state index >= 15 is 0 Å². The molecule has 1 heterocycles. The second kappa shape index (κ2) is 6.75. The third kappa shape index (κ3) is 3.01. The second-order valence-electron chi connectivity index (χ2n) is 9.25. The minimum Gasteiger partial charge on any atom is -0.233 e. The van der Waals surface area contributed by atoms with Crippen LogP contribution in [0.15, 0.2) is 66.7 Å². The zero-order chi connectivity index (χ0) is 21.0. The van der Waals surface area contributed by atoms with E-state index in [1.54, 1.807) is 0 Å². The van der Waals surface area contributed by atoms with Crippen LogP contribution in [0.1, 0.15) is 11.4 Å². The van der Waals surface area contributed by atoms with Gasteiger partial charge in [0.05, 0.1) is 19.3 Å². The second-order valence-corrected chi connectivity index (χ2v) is 14.3. The highest BCUT2D eigenvalue weighted by molar-refractivity contribution is 6.88. The number of hydrogen-bond donors (Lipinski definition) is 0. The summed E-state index contributed by atoms with van der Waals surface area (Å²) in [5, 5.41) is 7.63. The van der Waals surface area contributed by atoms with Crippen molar-refractivity contribution in [2.75, 3.05) is 0 Å². The van der Waals surface area contributed by atoms with Crippen LogP contribution in [0, 0.1) is 13.8 Å². The third-order valence-electron chi connectivity index (χ3n) is 6.02. The van der Waals surface area contributed by atoms with Gasteiger partial charge in [-0.3, -0.25) is 0 Å². The number of nitrogens with zero attached hydrogens (tertiary/aromatic N) is 2. The first-order valence-electron chi connectivity index (χ1n) is 10.5. The summed E-state index contributed by atoms with van der Waals surface area (Å²) in [7, 11) is -1.32. The van der Waals surface area contributed by atoms with E-state index in [9.17, 15) is 0 Å². The molecule has 3 heteroatoms. The Morgan fingerprint density at radius 2 is 1.40 bits per heavy atom. The normalized spacial score (nSPS) is 12.2. The fourth-order valence-electron chi connectivity index (χ4n) is 4.45. The summed E-state index contributed by atoms with van der Waals surface area (Å²) >= 11 is 0. The first kappa shape index (κ1) is 19.0. The van der Waals surface area contributed by atoms with Crippen LogP contribution in [0.4, 0.5) is 0 Å². The molecular weight excluding hydrogens is 380 g/mol. The lowest BCUT2D eigenvalue weighted by Gasteiger charge is -2.17. The van der Waals surface area contributed by atoms with Gasteiger partial charge in [0.15, 0.2) is 0 Å². The Morgan fingerprint density at radius 3 is 2.13 bits per heavy atom. The number of fused-ring (bicyclic) bond motifs is 5. The molecule has 30 heavy (non-hydrogen) atoms. The maximum Gasteiger partial charge on any atom is 0.126 e. The zero-order valence-electron chi connectivity index (χ0n) is 18.2. The van der Waals surface area contributed by atoms with Crippen molar-refractivity contribution in [2.45, 2.75) is 33.5 Å². The molecule has 0 bridgehead atoms. The molecule has 0 spiro atoms. The Balaban J connectivity index is 1.83. The Labute approximate surface area is 178 Å². The van der Waals surface area contributed by atoms with Gasteiger partial charge >= 0.3 is 0 Å². The lowest BCUT2D eigenvalue weighted by Crippen LogP contribution is -2.37. The summed E-state index contributed by atoms with van der Waals surface area (Å²) in [5.74, 6) is 0.812. The summed E-state index contributed by atoms with van der Waals surface area (Å²) in [4.78, 5) is 9.77. The fourth-order valence-corrected chi connectivity index (χ4v) is 5.62. The van der Waals surface area contributed by atoms with Gasteiger partial charge in [0.1, 0.15) is 5.82 Å². The predicted molar refractivity (Wildman–Crippen MR) is 132 cm³/mol. The molecule has 148 valence electrons. The number of hydrogen-bond acceptors (Lipinski definition) is 2. The zero-order valence-corrected chi connectivity index (χ0v) is 19.2. The number of aryl methyl sites for hydroxylation is 2. The van der Waals surface area contributed by atoms with Gasteiger partial charge in [0.25, 0.3) is 0 Å². The maximum absolute atomic E-state index is 4.91. The molecule has 0 saturated heterocycles.